The highest BCUT2D eigenvalue weighted by Crippen LogP contribution is 2.16. The number of fused-ring (bicyclic) bond motifs is 1. The predicted octanol–water partition coefficient (Wildman–Crippen LogP) is 3.78. The van der Waals surface area contributed by atoms with Crippen LogP contribution < -0.4 is 10.6 Å². The minimum atomic E-state index is 0. The number of nitrogens with one attached hydrogen (secondary N) is 2. The van der Waals surface area contributed by atoms with E-state index in [1.54, 1.807) is 0 Å². The molecule has 1 fully saturated rings. The van der Waals surface area contributed by atoms with Crippen LogP contribution >= 0.6 is 24.0 Å². The molecule has 0 amide bonds. The molecule has 3 rings (SSSR count). The smallest absolute Gasteiger partial charge is 0.191 e. The maximum Gasteiger partial charge on any atom is 0.191 e. The van der Waals surface area contributed by atoms with Gasteiger partial charge in [-0.1, -0.05) is 24.6 Å². The molecule has 2 heterocycles. The molecule has 0 spiro atoms. The number of guanidine groups is 1. The van der Waals surface area contributed by atoms with E-state index in [1.165, 1.54) is 43.3 Å². The zero-order valence-corrected chi connectivity index (χ0v) is 18.8. The van der Waals surface area contributed by atoms with Crippen molar-refractivity contribution in [1.29, 1.82) is 0 Å². The normalized spacial score (nSPS) is 18.1. The van der Waals surface area contributed by atoms with Gasteiger partial charge in [0.25, 0.3) is 0 Å². The first kappa shape index (κ1) is 21.9. The molecule has 0 aliphatic carbocycles. The molecule has 1 saturated heterocycles. The summed E-state index contributed by atoms with van der Waals surface area (Å²) in [5, 5.41) is 8.05. The lowest BCUT2D eigenvalue weighted by molar-refractivity contribution is 0.159. The third-order valence-electron chi connectivity index (χ3n) is 5.26. The van der Waals surface area contributed by atoms with Crippen LogP contribution in [-0.4, -0.2) is 48.6 Å². The van der Waals surface area contributed by atoms with Gasteiger partial charge in [0.1, 0.15) is 0 Å². The van der Waals surface area contributed by atoms with E-state index in [2.05, 4.69) is 50.6 Å². The van der Waals surface area contributed by atoms with E-state index >= 15 is 0 Å². The molecule has 1 aliphatic heterocycles. The van der Waals surface area contributed by atoms with E-state index < -0.39 is 0 Å². The van der Waals surface area contributed by atoms with Crippen molar-refractivity contribution in [2.75, 3.05) is 26.7 Å². The molecule has 0 bridgehead atoms. The number of pyridine rings is 1. The van der Waals surface area contributed by atoms with Crippen LogP contribution in [0, 0.1) is 0 Å². The Morgan fingerprint density at radius 2 is 2.07 bits per heavy atom. The van der Waals surface area contributed by atoms with Gasteiger partial charge in [-0.2, -0.15) is 0 Å². The monoisotopic (exact) mass is 481 g/mol. The lowest BCUT2D eigenvalue weighted by Crippen LogP contribution is -2.41. The molecule has 0 saturated carbocycles. The number of aliphatic imine (C=N–C) groups is 1. The van der Waals surface area contributed by atoms with Crippen LogP contribution in [0.2, 0.25) is 0 Å². The Morgan fingerprint density at radius 1 is 1.22 bits per heavy atom. The number of nitrogens with zero attached hydrogens (tertiary/aromatic N) is 3. The lowest BCUT2D eigenvalue weighted by atomic mass is 10.0. The van der Waals surface area contributed by atoms with Gasteiger partial charge in [0, 0.05) is 44.3 Å². The zero-order valence-electron chi connectivity index (χ0n) is 16.4. The highest BCUT2D eigenvalue weighted by atomic mass is 127. The fourth-order valence-corrected chi connectivity index (χ4v) is 3.69. The van der Waals surface area contributed by atoms with E-state index in [9.17, 15) is 0 Å². The van der Waals surface area contributed by atoms with E-state index in [1.807, 2.05) is 25.4 Å². The van der Waals surface area contributed by atoms with Crippen molar-refractivity contribution in [2.45, 2.75) is 45.2 Å². The summed E-state index contributed by atoms with van der Waals surface area (Å²) in [5.41, 5.74) is 2.27. The average molecular weight is 481 g/mol. The van der Waals surface area contributed by atoms with Crippen LogP contribution in [-0.2, 0) is 6.54 Å². The molecule has 5 nitrogen and oxygen atoms in total. The highest BCUT2D eigenvalue weighted by molar-refractivity contribution is 14.0. The topological polar surface area (TPSA) is 52.6 Å². The SMILES string of the molecule is CN=C(NCCCN1CCCCC1C)NCc1ccnc2ccccc12.I. The van der Waals surface area contributed by atoms with Gasteiger partial charge in [-0.05, 0) is 50.4 Å². The third kappa shape index (κ3) is 6.31. The Hall–Kier alpha value is -1.41. The Kier molecular flexibility index (Phi) is 9.27. The summed E-state index contributed by atoms with van der Waals surface area (Å²) >= 11 is 0. The summed E-state index contributed by atoms with van der Waals surface area (Å²) in [5.74, 6) is 0.859. The number of aromatic nitrogens is 1. The molecule has 6 heteroatoms. The first-order valence-electron chi connectivity index (χ1n) is 9.79. The fraction of sp³-hybridized carbons (Fsp3) is 0.524. The van der Waals surface area contributed by atoms with Gasteiger partial charge in [-0.15, -0.1) is 24.0 Å². The van der Waals surface area contributed by atoms with E-state index in [0.29, 0.717) is 0 Å². The summed E-state index contributed by atoms with van der Waals surface area (Å²) < 4.78 is 0. The number of piperidine rings is 1. The number of halogens is 1. The number of benzene rings is 1. The highest BCUT2D eigenvalue weighted by Gasteiger charge is 2.17. The maximum atomic E-state index is 4.42. The Balaban J connectivity index is 0.00000261. The Labute approximate surface area is 180 Å². The van der Waals surface area contributed by atoms with Crippen molar-refractivity contribution in [3.8, 4) is 0 Å². The molecule has 1 aliphatic rings. The zero-order chi connectivity index (χ0) is 18.2. The second kappa shape index (κ2) is 11.4. The molecule has 148 valence electrons. The van der Waals surface area contributed by atoms with Crippen molar-refractivity contribution in [3.63, 3.8) is 0 Å². The summed E-state index contributed by atoms with van der Waals surface area (Å²) in [6.07, 6.45) is 7.09. The van der Waals surface area contributed by atoms with Gasteiger partial charge in [0.05, 0.1) is 5.52 Å². The number of hydrogen-bond donors (Lipinski definition) is 2. The first-order valence-corrected chi connectivity index (χ1v) is 9.79. The Bertz CT molecular complexity index is 728. The van der Waals surface area contributed by atoms with Crippen molar-refractivity contribution >= 4 is 40.8 Å². The third-order valence-corrected chi connectivity index (χ3v) is 5.26. The summed E-state index contributed by atoms with van der Waals surface area (Å²) in [6, 6.07) is 11.1. The van der Waals surface area contributed by atoms with Crippen LogP contribution in [0.4, 0.5) is 0 Å². The largest absolute Gasteiger partial charge is 0.356 e. The van der Waals surface area contributed by atoms with Gasteiger partial charge in [-0.3, -0.25) is 9.98 Å². The molecule has 2 aromatic rings. The van der Waals surface area contributed by atoms with E-state index in [4.69, 9.17) is 0 Å². The van der Waals surface area contributed by atoms with Crippen LogP contribution in [0.3, 0.4) is 0 Å². The van der Waals surface area contributed by atoms with E-state index in [-0.39, 0.29) is 24.0 Å². The van der Waals surface area contributed by atoms with Crippen molar-refractivity contribution in [2.24, 2.45) is 4.99 Å². The molecule has 1 unspecified atom stereocenters. The van der Waals surface area contributed by atoms with Gasteiger partial charge >= 0.3 is 0 Å². The van der Waals surface area contributed by atoms with Crippen LogP contribution in [0.25, 0.3) is 10.9 Å². The fourth-order valence-electron chi connectivity index (χ4n) is 3.69. The number of likely N-dealkylation sites (tertiary alicyclic amines) is 1. The second-order valence-electron chi connectivity index (χ2n) is 7.07. The first-order chi connectivity index (χ1) is 12.8. The summed E-state index contributed by atoms with van der Waals surface area (Å²) in [7, 11) is 1.83. The standard InChI is InChI=1S/C21H31N5.HI/c1-17-8-5-6-14-26(17)15-7-12-24-21(22-2)25-16-18-11-13-23-20-10-4-3-9-19(18)20;/h3-4,9-11,13,17H,5-8,12,14-16H2,1-2H3,(H2,22,24,25);1H. The van der Waals surface area contributed by atoms with Gasteiger partial charge in [0.15, 0.2) is 5.96 Å². The quantitative estimate of drug-likeness (QED) is 0.286. The second-order valence-corrected chi connectivity index (χ2v) is 7.07. The van der Waals surface area contributed by atoms with Crippen molar-refractivity contribution < 1.29 is 0 Å². The molecule has 1 aromatic carbocycles. The number of rotatable bonds is 6. The van der Waals surface area contributed by atoms with Crippen molar-refractivity contribution in [3.05, 3.63) is 42.1 Å². The minimum absolute atomic E-state index is 0. The summed E-state index contributed by atoms with van der Waals surface area (Å²) in [4.78, 5) is 11.4. The van der Waals surface area contributed by atoms with Crippen LogP contribution in [0.15, 0.2) is 41.5 Å². The molecular formula is C21H32IN5. The van der Waals surface area contributed by atoms with Crippen LogP contribution in [0.1, 0.15) is 38.2 Å². The molecular weight excluding hydrogens is 449 g/mol. The number of para-hydroxylation sites is 1. The van der Waals surface area contributed by atoms with Crippen LogP contribution in [0.5, 0.6) is 0 Å². The predicted molar refractivity (Wildman–Crippen MR) is 125 cm³/mol. The van der Waals surface area contributed by atoms with Gasteiger partial charge in [0.2, 0.25) is 0 Å². The molecule has 27 heavy (non-hydrogen) atoms. The minimum Gasteiger partial charge on any atom is -0.356 e. The lowest BCUT2D eigenvalue weighted by Gasteiger charge is -2.33. The summed E-state index contributed by atoms with van der Waals surface area (Å²) in [6.45, 7) is 6.46. The number of hydrogen-bond acceptors (Lipinski definition) is 3. The van der Waals surface area contributed by atoms with Crippen molar-refractivity contribution in [1.82, 2.24) is 20.5 Å². The maximum absolute atomic E-state index is 4.42. The van der Waals surface area contributed by atoms with Gasteiger partial charge in [-0.25, -0.2) is 0 Å². The molecule has 1 aromatic heterocycles. The molecule has 2 N–H and O–H groups in total. The Morgan fingerprint density at radius 3 is 2.89 bits per heavy atom. The van der Waals surface area contributed by atoms with E-state index in [0.717, 1.165) is 37.0 Å². The average Bonchev–Trinajstić information content (AvgIpc) is 2.68. The molecule has 0 radical (unpaired) electrons. The van der Waals surface area contributed by atoms with Gasteiger partial charge < -0.3 is 15.5 Å². The molecule has 1 atom stereocenters.